The number of carbonyl (C=O) groups is 1. The van der Waals surface area contributed by atoms with Crippen LogP contribution in [0.2, 0.25) is 5.02 Å². The lowest BCUT2D eigenvalue weighted by atomic mass is 10.2. The van der Waals surface area contributed by atoms with Gasteiger partial charge in [0.15, 0.2) is 6.61 Å². The molecule has 0 aromatic heterocycles. The highest BCUT2D eigenvalue weighted by atomic mass is 35.5. The first kappa shape index (κ1) is 17.5. The summed E-state index contributed by atoms with van der Waals surface area (Å²) in [6.45, 7) is 4.60. The molecule has 1 heterocycles. The SMILES string of the molecule is Cc1ccc(OCC(=O)N2CCN(c3ccc(F)c(Cl)c3)CC2)cc1. The largest absolute Gasteiger partial charge is 0.484 e. The van der Waals surface area contributed by atoms with Crippen molar-refractivity contribution in [2.24, 2.45) is 0 Å². The molecule has 1 fully saturated rings. The van der Waals surface area contributed by atoms with Gasteiger partial charge in [0, 0.05) is 31.9 Å². The fourth-order valence-corrected chi connectivity index (χ4v) is 2.94. The number of nitrogens with zero attached hydrogens (tertiary/aromatic N) is 2. The molecule has 2 aromatic rings. The predicted octanol–water partition coefficient (Wildman–Crippen LogP) is 3.52. The van der Waals surface area contributed by atoms with Crippen LogP contribution in [-0.2, 0) is 4.79 Å². The Bertz CT molecular complexity index is 744. The number of hydrogen-bond donors (Lipinski definition) is 0. The van der Waals surface area contributed by atoms with Crippen molar-refractivity contribution in [3.8, 4) is 5.75 Å². The molecule has 3 rings (SSSR count). The number of ether oxygens (including phenoxy) is 1. The molecule has 1 aliphatic heterocycles. The molecule has 1 aliphatic rings. The van der Waals surface area contributed by atoms with Crippen molar-refractivity contribution in [1.29, 1.82) is 0 Å². The maximum absolute atomic E-state index is 13.3. The number of rotatable bonds is 4. The minimum absolute atomic E-state index is 0.0302. The normalized spacial score (nSPS) is 14.5. The summed E-state index contributed by atoms with van der Waals surface area (Å²) in [5, 5.41) is 0.113. The van der Waals surface area contributed by atoms with E-state index >= 15 is 0 Å². The van der Waals surface area contributed by atoms with Crippen LogP contribution in [0.1, 0.15) is 5.56 Å². The third kappa shape index (κ3) is 4.42. The number of hydrogen-bond acceptors (Lipinski definition) is 3. The lowest BCUT2D eigenvalue weighted by Crippen LogP contribution is -2.50. The van der Waals surface area contributed by atoms with E-state index in [4.69, 9.17) is 16.3 Å². The van der Waals surface area contributed by atoms with E-state index in [2.05, 4.69) is 4.90 Å². The third-order valence-corrected chi connectivity index (χ3v) is 4.57. The van der Waals surface area contributed by atoms with E-state index in [1.54, 1.807) is 17.0 Å². The van der Waals surface area contributed by atoms with Gasteiger partial charge in [-0.2, -0.15) is 0 Å². The minimum atomic E-state index is -0.424. The van der Waals surface area contributed by atoms with Crippen molar-refractivity contribution < 1.29 is 13.9 Å². The average Bonchev–Trinajstić information content (AvgIpc) is 2.63. The number of piperazine rings is 1. The van der Waals surface area contributed by atoms with E-state index in [0.29, 0.717) is 31.9 Å². The maximum Gasteiger partial charge on any atom is 0.260 e. The van der Waals surface area contributed by atoms with Crippen LogP contribution in [0.5, 0.6) is 5.75 Å². The lowest BCUT2D eigenvalue weighted by Gasteiger charge is -2.36. The van der Waals surface area contributed by atoms with Crippen LogP contribution in [-0.4, -0.2) is 43.6 Å². The quantitative estimate of drug-likeness (QED) is 0.834. The van der Waals surface area contributed by atoms with E-state index < -0.39 is 5.82 Å². The Morgan fingerprint density at radius 3 is 2.44 bits per heavy atom. The van der Waals surface area contributed by atoms with Crippen LogP contribution >= 0.6 is 11.6 Å². The van der Waals surface area contributed by atoms with Crippen LogP contribution in [0.25, 0.3) is 0 Å². The number of halogens is 2. The molecule has 25 heavy (non-hydrogen) atoms. The van der Waals surface area contributed by atoms with E-state index in [-0.39, 0.29) is 17.5 Å². The zero-order chi connectivity index (χ0) is 17.8. The average molecular weight is 363 g/mol. The van der Waals surface area contributed by atoms with Gasteiger partial charge in [0.2, 0.25) is 0 Å². The number of amides is 1. The van der Waals surface area contributed by atoms with Crippen molar-refractivity contribution in [1.82, 2.24) is 4.90 Å². The molecule has 0 N–H and O–H groups in total. The fourth-order valence-electron chi connectivity index (χ4n) is 2.77. The van der Waals surface area contributed by atoms with Crippen LogP contribution < -0.4 is 9.64 Å². The molecule has 132 valence electrons. The van der Waals surface area contributed by atoms with Gasteiger partial charge in [-0.1, -0.05) is 29.3 Å². The summed E-state index contributed by atoms with van der Waals surface area (Å²) in [6, 6.07) is 12.3. The van der Waals surface area contributed by atoms with Gasteiger partial charge in [0.1, 0.15) is 11.6 Å². The number of carbonyl (C=O) groups excluding carboxylic acids is 1. The molecule has 0 atom stereocenters. The van der Waals surface area contributed by atoms with Crippen LogP contribution in [0.3, 0.4) is 0 Å². The third-order valence-electron chi connectivity index (χ3n) is 4.28. The summed E-state index contributed by atoms with van der Waals surface area (Å²) < 4.78 is 18.8. The second kappa shape index (κ2) is 7.74. The number of benzene rings is 2. The Labute approximate surface area is 151 Å². The Balaban J connectivity index is 1.50. The van der Waals surface area contributed by atoms with Crippen molar-refractivity contribution in [2.75, 3.05) is 37.7 Å². The molecule has 0 unspecified atom stereocenters. The van der Waals surface area contributed by atoms with Gasteiger partial charge in [-0.05, 0) is 37.3 Å². The Morgan fingerprint density at radius 2 is 1.80 bits per heavy atom. The van der Waals surface area contributed by atoms with Gasteiger partial charge in [-0.25, -0.2) is 4.39 Å². The van der Waals surface area contributed by atoms with E-state index in [9.17, 15) is 9.18 Å². The Hall–Kier alpha value is -2.27. The standard InChI is InChI=1S/C19H20ClFN2O2/c1-14-2-5-16(6-3-14)25-13-19(24)23-10-8-22(9-11-23)15-4-7-18(21)17(20)12-15/h2-7,12H,8-11,13H2,1H3. The fraction of sp³-hybridized carbons (Fsp3) is 0.316. The molecule has 0 bridgehead atoms. The topological polar surface area (TPSA) is 32.8 Å². The minimum Gasteiger partial charge on any atom is -0.484 e. The first-order valence-electron chi connectivity index (χ1n) is 8.20. The van der Waals surface area contributed by atoms with Gasteiger partial charge in [-0.15, -0.1) is 0 Å². The molecule has 0 saturated carbocycles. The van der Waals surface area contributed by atoms with E-state index in [1.165, 1.54) is 6.07 Å². The van der Waals surface area contributed by atoms with Crippen LogP contribution in [0, 0.1) is 12.7 Å². The van der Waals surface area contributed by atoms with Gasteiger partial charge in [0.25, 0.3) is 5.91 Å². The molecule has 0 aliphatic carbocycles. The van der Waals surface area contributed by atoms with Gasteiger partial charge >= 0.3 is 0 Å². The van der Waals surface area contributed by atoms with Crippen molar-refractivity contribution in [2.45, 2.75) is 6.92 Å². The second-order valence-electron chi connectivity index (χ2n) is 6.07. The van der Waals surface area contributed by atoms with E-state index in [0.717, 1.165) is 11.3 Å². The monoisotopic (exact) mass is 362 g/mol. The van der Waals surface area contributed by atoms with Gasteiger partial charge in [-0.3, -0.25) is 4.79 Å². The molecule has 0 radical (unpaired) electrons. The summed E-state index contributed by atoms with van der Waals surface area (Å²) in [5.74, 6) is 0.239. The first-order valence-corrected chi connectivity index (χ1v) is 8.58. The molecular formula is C19H20ClFN2O2. The molecule has 1 amide bonds. The Morgan fingerprint density at radius 1 is 1.12 bits per heavy atom. The van der Waals surface area contributed by atoms with E-state index in [1.807, 2.05) is 31.2 Å². The number of anilines is 1. The van der Waals surface area contributed by atoms with Crippen molar-refractivity contribution >= 4 is 23.2 Å². The zero-order valence-electron chi connectivity index (χ0n) is 14.0. The summed E-state index contributed by atoms with van der Waals surface area (Å²) >= 11 is 5.84. The summed E-state index contributed by atoms with van der Waals surface area (Å²) in [4.78, 5) is 16.2. The first-order chi connectivity index (χ1) is 12.0. The highest BCUT2D eigenvalue weighted by Crippen LogP contribution is 2.23. The number of aryl methyl sites for hydroxylation is 1. The van der Waals surface area contributed by atoms with Gasteiger partial charge < -0.3 is 14.5 Å². The summed E-state index contributed by atoms with van der Waals surface area (Å²) in [7, 11) is 0. The summed E-state index contributed by atoms with van der Waals surface area (Å²) in [6.07, 6.45) is 0. The highest BCUT2D eigenvalue weighted by Gasteiger charge is 2.22. The summed E-state index contributed by atoms with van der Waals surface area (Å²) in [5.41, 5.74) is 2.02. The van der Waals surface area contributed by atoms with Crippen molar-refractivity contribution in [3.63, 3.8) is 0 Å². The van der Waals surface area contributed by atoms with Gasteiger partial charge in [0.05, 0.1) is 5.02 Å². The molecule has 0 spiro atoms. The molecule has 6 heteroatoms. The molecular weight excluding hydrogens is 343 g/mol. The molecule has 4 nitrogen and oxygen atoms in total. The van der Waals surface area contributed by atoms with Crippen LogP contribution in [0.15, 0.2) is 42.5 Å². The highest BCUT2D eigenvalue weighted by molar-refractivity contribution is 6.31. The van der Waals surface area contributed by atoms with Crippen molar-refractivity contribution in [3.05, 3.63) is 58.9 Å². The zero-order valence-corrected chi connectivity index (χ0v) is 14.8. The van der Waals surface area contributed by atoms with Crippen LogP contribution in [0.4, 0.5) is 10.1 Å². The second-order valence-corrected chi connectivity index (χ2v) is 6.48. The Kier molecular flexibility index (Phi) is 5.43. The smallest absolute Gasteiger partial charge is 0.260 e. The molecule has 1 saturated heterocycles. The molecule has 2 aromatic carbocycles. The predicted molar refractivity (Wildman–Crippen MR) is 96.9 cm³/mol. The lowest BCUT2D eigenvalue weighted by molar-refractivity contribution is -0.133. The maximum atomic E-state index is 13.3.